The lowest BCUT2D eigenvalue weighted by molar-refractivity contribution is -0.120. The van der Waals surface area contributed by atoms with Crippen molar-refractivity contribution in [2.75, 3.05) is 5.73 Å². The number of nitrogens with zero attached hydrogens (tertiary/aromatic N) is 3. The molecule has 0 aliphatic carbocycles. The molecule has 1 saturated heterocycles. The lowest BCUT2D eigenvalue weighted by Gasteiger charge is -2.36. The van der Waals surface area contributed by atoms with Crippen LogP contribution in [0.2, 0.25) is 0 Å². The van der Waals surface area contributed by atoms with Gasteiger partial charge < -0.3 is 11.1 Å². The van der Waals surface area contributed by atoms with Gasteiger partial charge >= 0.3 is 12.1 Å². The third-order valence-corrected chi connectivity index (χ3v) is 3.32. The Morgan fingerprint density at radius 3 is 2.68 bits per heavy atom. The van der Waals surface area contributed by atoms with Gasteiger partial charge in [-0.25, -0.2) is 9.59 Å². The Morgan fingerprint density at radius 2 is 2.04 bits per heavy atom. The number of anilines is 1. The molecule has 3 rings (SSSR count). The number of nitrogen functional groups attached to an aromatic ring is 1. The summed E-state index contributed by atoms with van der Waals surface area (Å²) in [4.78, 5) is 51.5. The van der Waals surface area contributed by atoms with E-state index in [1.165, 1.54) is 24.4 Å². The average Bonchev–Trinajstić information content (AvgIpc) is 2.83. The Balaban J connectivity index is 0.00000225. The Hall–Kier alpha value is -3.46. The number of nitrogens with one attached hydrogen (secondary N) is 3. The summed E-state index contributed by atoms with van der Waals surface area (Å²) in [6.45, 7) is 0. The van der Waals surface area contributed by atoms with E-state index in [1.807, 2.05) is 0 Å². The second-order valence-corrected chi connectivity index (χ2v) is 4.89. The van der Waals surface area contributed by atoms with Gasteiger partial charge in [0, 0.05) is 11.3 Å². The van der Waals surface area contributed by atoms with Gasteiger partial charge in [0.2, 0.25) is 5.79 Å². The highest BCUT2D eigenvalue weighted by Gasteiger charge is 2.55. The lowest BCUT2D eigenvalue weighted by Crippen LogP contribution is -2.78. The van der Waals surface area contributed by atoms with Crippen molar-refractivity contribution >= 4 is 52.3 Å². The summed E-state index contributed by atoms with van der Waals surface area (Å²) >= 11 is 0. The summed E-state index contributed by atoms with van der Waals surface area (Å²) in [5.74, 6) is -3.87. The number of halogens is 1. The van der Waals surface area contributed by atoms with Crippen LogP contribution in [0.25, 0.3) is 0 Å². The Kier molecular flexibility index (Phi) is 4.44. The number of nitriles is 1. The monoisotopic (exact) mass is 407 g/mol. The van der Waals surface area contributed by atoms with E-state index in [2.05, 4.69) is 20.9 Å². The number of carbonyl (C=O) groups is 4. The van der Waals surface area contributed by atoms with Crippen LogP contribution in [0.15, 0.2) is 29.3 Å². The number of carbonyl (C=O) groups excluding carboxylic acids is 4. The number of nitrogens with two attached hydrogens (primary N) is 1. The molecule has 1 aromatic rings. The van der Waals surface area contributed by atoms with Crippen molar-refractivity contribution in [3.63, 3.8) is 0 Å². The first-order valence-electron chi connectivity index (χ1n) is 6.52. The molecule has 25 heavy (non-hydrogen) atoms. The standard InChI is InChI=1S/C13H9N7O4.BrH/c14-5-20-10(22)8-13(19-12(20)24,18-11(23)16-8)17-9(21)6-2-1-3-7(15)4-6;/h1-4H,15H2,(H,17,21)(H,18,23)(H,19,24);1H. The number of benzene rings is 1. The smallest absolute Gasteiger partial charge is 0.345 e. The average molecular weight is 408 g/mol. The molecule has 6 amide bonds. The normalized spacial score (nSPS) is 21.2. The number of fused-ring (bicyclic) bond motifs is 1. The number of aliphatic imine (C=N–C) groups is 1. The highest BCUT2D eigenvalue weighted by atomic mass is 79.9. The molecule has 12 heteroatoms. The predicted octanol–water partition coefficient (Wildman–Crippen LogP) is -0.573. The number of hydrogen-bond acceptors (Lipinski definition) is 6. The minimum absolute atomic E-state index is 0. The highest BCUT2D eigenvalue weighted by Crippen LogP contribution is 2.18. The molecule has 11 nitrogen and oxygen atoms in total. The Morgan fingerprint density at radius 1 is 1.32 bits per heavy atom. The lowest BCUT2D eigenvalue weighted by atomic mass is 10.1. The van der Waals surface area contributed by atoms with Crippen LogP contribution in [-0.2, 0) is 4.79 Å². The fourth-order valence-electron chi connectivity index (χ4n) is 2.28. The van der Waals surface area contributed by atoms with Crippen molar-refractivity contribution < 1.29 is 19.2 Å². The minimum Gasteiger partial charge on any atom is -0.399 e. The van der Waals surface area contributed by atoms with Gasteiger partial charge in [-0.05, 0) is 18.2 Å². The van der Waals surface area contributed by atoms with Crippen molar-refractivity contribution in [1.29, 1.82) is 5.26 Å². The van der Waals surface area contributed by atoms with E-state index < -0.39 is 35.4 Å². The SMILES string of the molecule is Br.N#CN1C(=O)NC2(NC(=O)c3cccc(N)c3)NC(=O)N=C2C1=O. The zero-order valence-corrected chi connectivity index (χ0v) is 14.0. The number of amides is 6. The first-order chi connectivity index (χ1) is 11.4. The zero-order valence-electron chi connectivity index (χ0n) is 12.3. The minimum atomic E-state index is -2.03. The van der Waals surface area contributed by atoms with Crippen molar-refractivity contribution in [3.05, 3.63) is 29.8 Å². The first-order valence-corrected chi connectivity index (χ1v) is 6.52. The Labute approximate surface area is 150 Å². The Bertz CT molecular complexity index is 877. The van der Waals surface area contributed by atoms with Gasteiger partial charge in [-0.15, -0.1) is 17.0 Å². The quantitative estimate of drug-likeness (QED) is 0.377. The third-order valence-electron chi connectivity index (χ3n) is 3.32. The van der Waals surface area contributed by atoms with Gasteiger partial charge in [-0.3, -0.25) is 20.2 Å². The number of hydrogen-bond donors (Lipinski definition) is 4. The van der Waals surface area contributed by atoms with Crippen LogP contribution in [0.5, 0.6) is 0 Å². The van der Waals surface area contributed by atoms with Gasteiger partial charge in [-0.1, -0.05) is 6.07 Å². The van der Waals surface area contributed by atoms with E-state index in [0.717, 1.165) is 0 Å². The molecule has 0 spiro atoms. The summed E-state index contributed by atoms with van der Waals surface area (Å²) in [6, 6.07) is 3.85. The van der Waals surface area contributed by atoms with Crippen molar-refractivity contribution in [2.24, 2.45) is 4.99 Å². The molecule has 2 aliphatic heterocycles. The van der Waals surface area contributed by atoms with Crippen LogP contribution in [0.3, 0.4) is 0 Å². The highest BCUT2D eigenvalue weighted by molar-refractivity contribution is 8.93. The molecule has 1 fully saturated rings. The van der Waals surface area contributed by atoms with E-state index >= 15 is 0 Å². The first kappa shape index (κ1) is 17.9. The molecule has 1 aromatic carbocycles. The predicted molar refractivity (Wildman–Crippen MR) is 88.3 cm³/mol. The molecule has 128 valence electrons. The largest absolute Gasteiger partial charge is 0.399 e. The molecule has 1 unspecified atom stereocenters. The van der Waals surface area contributed by atoms with E-state index in [-0.39, 0.29) is 27.4 Å². The van der Waals surface area contributed by atoms with Crippen LogP contribution in [0.4, 0.5) is 15.3 Å². The fraction of sp³-hybridized carbons (Fsp3) is 0.0769. The number of urea groups is 2. The van der Waals surface area contributed by atoms with E-state index in [1.54, 1.807) is 6.07 Å². The topological polar surface area (TPSA) is 170 Å². The summed E-state index contributed by atoms with van der Waals surface area (Å²) in [5.41, 5.74) is 5.53. The van der Waals surface area contributed by atoms with Crippen LogP contribution < -0.4 is 21.7 Å². The third kappa shape index (κ3) is 2.88. The molecule has 5 N–H and O–H groups in total. The van der Waals surface area contributed by atoms with Crippen molar-refractivity contribution in [3.8, 4) is 6.19 Å². The second-order valence-electron chi connectivity index (χ2n) is 4.89. The maximum atomic E-state index is 12.4. The molecule has 1 atom stereocenters. The molecular formula is C13H10BrN7O4. The summed E-state index contributed by atoms with van der Waals surface area (Å²) in [6.07, 6.45) is 1.36. The van der Waals surface area contributed by atoms with Gasteiger partial charge in [0.15, 0.2) is 11.9 Å². The van der Waals surface area contributed by atoms with Gasteiger partial charge in [0.05, 0.1) is 0 Å². The number of imide groups is 1. The molecule has 0 aromatic heterocycles. The van der Waals surface area contributed by atoms with Crippen LogP contribution in [0.1, 0.15) is 10.4 Å². The zero-order chi connectivity index (χ0) is 17.5. The van der Waals surface area contributed by atoms with Crippen LogP contribution in [0, 0.1) is 11.5 Å². The second kappa shape index (κ2) is 6.21. The molecule has 0 saturated carbocycles. The van der Waals surface area contributed by atoms with Crippen molar-refractivity contribution in [2.45, 2.75) is 5.79 Å². The molecule has 2 aliphatic rings. The fourth-order valence-corrected chi connectivity index (χ4v) is 2.28. The van der Waals surface area contributed by atoms with Crippen molar-refractivity contribution in [1.82, 2.24) is 20.9 Å². The van der Waals surface area contributed by atoms with Crippen LogP contribution >= 0.6 is 17.0 Å². The molecular weight excluding hydrogens is 398 g/mol. The van der Waals surface area contributed by atoms with Gasteiger partial charge in [-0.2, -0.15) is 15.2 Å². The molecule has 0 bridgehead atoms. The van der Waals surface area contributed by atoms with Gasteiger partial charge in [0.25, 0.3) is 11.8 Å². The van der Waals surface area contributed by atoms with E-state index in [0.29, 0.717) is 5.69 Å². The van der Waals surface area contributed by atoms with Crippen LogP contribution in [-0.4, -0.2) is 40.3 Å². The maximum Gasteiger partial charge on any atom is 0.345 e. The summed E-state index contributed by atoms with van der Waals surface area (Å²) in [7, 11) is 0. The van der Waals surface area contributed by atoms with E-state index in [4.69, 9.17) is 11.0 Å². The molecule has 0 radical (unpaired) electrons. The summed E-state index contributed by atoms with van der Waals surface area (Å²) in [5, 5.41) is 15.5. The van der Waals surface area contributed by atoms with Gasteiger partial charge in [0.1, 0.15) is 0 Å². The summed E-state index contributed by atoms with van der Waals surface area (Å²) < 4.78 is 0. The van der Waals surface area contributed by atoms with E-state index in [9.17, 15) is 19.2 Å². The number of rotatable bonds is 2. The maximum absolute atomic E-state index is 12.4. The molecule has 2 heterocycles.